The van der Waals surface area contributed by atoms with E-state index in [0.29, 0.717) is 18.3 Å². The molecule has 3 rings (SSSR count). The van der Waals surface area contributed by atoms with Gasteiger partial charge in [0.05, 0.1) is 6.54 Å². The zero-order chi connectivity index (χ0) is 15.0. The highest BCUT2D eigenvalue weighted by Crippen LogP contribution is 2.30. The summed E-state index contributed by atoms with van der Waals surface area (Å²) in [4.78, 5) is 18.2. The Morgan fingerprint density at radius 2 is 2.19 bits per heavy atom. The fourth-order valence-corrected chi connectivity index (χ4v) is 2.48. The molecule has 1 aliphatic rings. The Bertz CT molecular complexity index is 694. The Labute approximate surface area is 124 Å². The molecule has 1 amide bonds. The minimum absolute atomic E-state index is 0.0655. The summed E-state index contributed by atoms with van der Waals surface area (Å²) in [6.07, 6.45) is 4.00. The van der Waals surface area contributed by atoms with E-state index in [0.717, 1.165) is 35.0 Å². The third kappa shape index (κ3) is 2.91. The highest BCUT2D eigenvalue weighted by molar-refractivity contribution is 6.01. The van der Waals surface area contributed by atoms with Crippen molar-refractivity contribution in [2.45, 2.75) is 25.8 Å². The van der Waals surface area contributed by atoms with Gasteiger partial charge in [-0.15, -0.1) is 0 Å². The molecule has 5 nitrogen and oxygen atoms in total. The second-order valence-corrected chi connectivity index (χ2v) is 5.74. The van der Waals surface area contributed by atoms with Crippen molar-refractivity contribution in [1.82, 2.24) is 10.3 Å². The van der Waals surface area contributed by atoms with Crippen LogP contribution in [0.4, 0.5) is 11.4 Å². The topological polar surface area (TPSA) is 71.2 Å². The SMILES string of the molecule is Cc1cc2c(N(C)CC(=O)NC3CC3)ccc(N)c2cn1. The molecule has 1 aromatic heterocycles. The molecule has 21 heavy (non-hydrogen) atoms. The van der Waals surface area contributed by atoms with Crippen molar-refractivity contribution in [2.75, 3.05) is 24.2 Å². The predicted octanol–water partition coefficient (Wildman–Crippen LogP) is 1.84. The number of rotatable bonds is 4. The van der Waals surface area contributed by atoms with Gasteiger partial charge in [0.1, 0.15) is 0 Å². The van der Waals surface area contributed by atoms with Gasteiger partial charge in [0, 0.05) is 47.1 Å². The van der Waals surface area contributed by atoms with E-state index in [1.807, 2.05) is 37.1 Å². The lowest BCUT2D eigenvalue weighted by Crippen LogP contribution is -2.36. The first kappa shape index (κ1) is 13.7. The molecule has 110 valence electrons. The van der Waals surface area contributed by atoms with Gasteiger partial charge in [-0.05, 0) is 38.0 Å². The Balaban J connectivity index is 1.89. The van der Waals surface area contributed by atoms with Crippen LogP contribution in [0.3, 0.4) is 0 Å². The van der Waals surface area contributed by atoms with Crippen molar-refractivity contribution < 1.29 is 4.79 Å². The molecular weight excluding hydrogens is 264 g/mol. The maximum atomic E-state index is 12.0. The van der Waals surface area contributed by atoms with Gasteiger partial charge in [0.25, 0.3) is 0 Å². The van der Waals surface area contributed by atoms with Crippen LogP contribution in [0.25, 0.3) is 10.8 Å². The van der Waals surface area contributed by atoms with Crippen LogP contribution in [0.5, 0.6) is 0 Å². The lowest BCUT2D eigenvalue weighted by atomic mass is 10.1. The first-order valence-electron chi connectivity index (χ1n) is 7.20. The number of carbonyl (C=O) groups is 1. The molecule has 3 N–H and O–H groups in total. The summed E-state index contributed by atoms with van der Waals surface area (Å²) in [5.41, 5.74) is 8.65. The molecule has 0 atom stereocenters. The van der Waals surface area contributed by atoms with E-state index in [1.54, 1.807) is 6.20 Å². The van der Waals surface area contributed by atoms with E-state index in [9.17, 15) is 4.79 Å². The molecule has 1 heterocycles. The first-order valence-corrected chi connectivity index (χ1v) is 7.20. The number of hydrogen-bond donors (Lipinski definition) is 2. The summed E-state index contributed by atoms with van der Waals surface area (Å²) in [5, 5.41) is 4.96. The van der Waals surface area contributed by atoms with Crippen LogP contribution in [0.15, 0.2) is 24.4 Å². The largest absolute Gasteiger partial charge is 0.398 e. The number of amides is 1. The van der Waals surface area contributed by atoms with Crippen molar-refractivity contribution in [3.05, 3.63) is 30.1 Å². The minimum atomic E-state index is 0.0655. The second kappa shape index (κ2) is 5.24. The van der Waals surface area contributed by atoms with E-state index in [-0.39, 0.29) is 5.91 Å². The van der Waals surface area contributed by atoms with Crippen LogP contribution in [0, 0.1) is 6.92 Å². The highest BCUT2D eigenvalue weighted by Gasteiger charge is 2.23. The second-order valence-electron chi connectivity index (χ2n) is 5.74. The number of nitrogen functional groups attached to an aromatic ring is 1. The highest BCUT2D eigenvalue weighted by atomic mass is 16.2. The number of hydrogen-bond acceptors (Lipinski definition) is 4. The molecule has 0 unspecified atom stereocenters. The Hall–Kier alpha value is -2.30. The van der Waals surface area contributed by atoms with Gasteiger partial charge in [-0.3, -0.25) is 9.78 Å². The number of nitrogens with zero attached hydrogens (tertiary/aromatic N) is 2. The molecule has 0 aliphatic heterocycles. The van der Waals surface area contributed by atoms with Gasteiger partial charge in [-0.25, -0.2) is 0 Å². The van der Waals surface area contributed by atoms with E-state index < -0.39 is 0 Å². The van der Waals surface area contributed by atoms with Crippen molar-refractivity contribution in [3.8, 4) is 0 Å². The molecule has 0 saturated heterocycles. The van der Waals surface area contributed by atoms with Crippen LogP contribution in [0.2, 0.25) is 0 Å². The number of aromatic nitrogens is 1. The quantitative estimate of drug-likeness (QED) is 0.840. The smallest absolute Gasteiger partial charge is 0.239 e. The molecule has 1 aliphatic carbocycles. The summed E-state index contributed by atoms with van der Waals surface area (Å²) in [6, 6.07) is 6.22. The molecule has 0 radical (unpaired) electrons. The molecule has 2 aromatic rings. The third-order valence-corrected chi connectivity index (χ3v) is 3.78. The molecule has 5 heteroatoms. The zero-order valence-corrected chi connectivity index (χ0v) is 12.4. The van der Waals surface area contributed by atoms with Gasteiger partial charge in [0.15, 0.2) is 0 Å². The summed E-state index contributed by atoms with van der Waals surface area (Å²) >= 11 is 0. The summed E-state index contributed by atoms with van der Waals surface area (Å²) in [5.74, 6) is 0.0655. The number of carbonyl (C=O) groups excluding carboxylic acids is 1. The minimum Gasteiger partial charge on any atom is -0.398 e. The molecule has 0 spiro atoms. The number of nitrogens with one attached hydrogen (secondary N) is 1. The van der Waals surface area contributed by atoms with Gasteiger partial charge in [0.2, 0.25) is 5.91 Å². The number of nitrogens with two attached hydrogens (primary N) is 1. The van der Waals surface area contributed by atoms with Crippen LogP contribution in [-0.4, -0.2) is 30.5 Å². The van der Waals surface area contributed by atoms with Gasteiger partial charge in [-0.1, -0.05) is 0 Å². The van der Waals surface area contributed by atoms with Crippen LogP contribution in [-0.2, 0) is 4.79 Å². The first-order chi connectivity index (χ1) is 10.0. The van der Waals surface area contributed by atoms with Crippen molar-refractivity contribution in [1.29, 1.82) is 0 Å². The van der Waals surface area contributed by atoms with Crippen molar-refractivity contribution >= 4 is 28.1 Å². The molecule has 1 fully saturated rings. The summed E-state index contributed by atoms with van der Waals surface area (Å²) in [6.45, 7) is 2.29. The van der Waals surface area contributed by atoms with Gasteiger partial charge in [-0.2, -0.15) is 0 Å². The van der Waals surface area contributed by atoms with E-state index in [1.165, 1.54) is 0 Å². The normalized spacial score (nSPS) is 14.2. The number of benzene rings is 1. The number of likely N-dealkylation sites (N-methyl/N-ethyl adjacent to an activating group) is 1. The predicted molar refractivity (Wildman–Crippen MR) is 85.3 cm³/mol. The zero-order valence-electron chi connectivity index (χ0n) is 12.4. The summed E-state index contributed by atoms with van der Waals surface area (Å²) < 4.78 is 0. The number of anilines is 2. The van der Waals surface area contributed by atoms with E-state index in [4.69, 9.17) is 5.73 Å². The van der Waals surface area contributed by atoms with E-state index in [2.05, 4.69) is 10.3 Å². The third-order valence-electron chi connectivity index (χ3n) is 3.78. The van der Waals surface area contributed by atoms with Crippen molar-refractivity contribution in [3.63, 3.8) is 0 Å². The van der Waals surface area contributed by atoms with Crippen molar-refractivity contribution in [2.24, 2.45) is 0 Å². The Morgan fingerprint density at radius 3 is 2.90 bits per heavy atom. The maximum Gasteiger partial charge on any atom is 0.239 e. The fraction of sp³-hybridized carbons (Fsp3) is 0.375. The number of pyridine rings is 1. The lowest BCUT2D eigenvalue weighted by Gasteiger charge is -2.21. The van der Waals surface area contributed by atoms with E-state index >= 15 is 0 Å². The lowest BCUT2D eigenvalue weighted by molar-refractivity contribution is -0.119. The maximum absolute atomic E-state index is 12.0. The average molecular weight is 284 g/mol. The molecular formula is C16H20N4O. The number of fused-ring (bicyclic) bond motifs is 1. The fourth-order valence-electron chi connectivity index (χ4n) is 2.48. The molecule has 1 aromatic carbocycles. The Kier molecular flexibility index (Phi) is 3.41. The standard InChI is InChI=1S/C16H20N4O/c1-10-7-12-13(8-18-10)14(17)5-6-15(12)20(2)9-16(21)19-11-3-4-11/h5-8,11H,3-4,9,17H2,1-2H3,(H,19,21). The van der Waals surface area contributed by atoms with Gasteiger partial charge >= 0.3 is 0 Å². The van der Waals surface area contributed by atoms with Crippen LogP contribution in [0.1, 0.15) is 18.5 Å². The number of aryl methyl sites for hydroxylation is 1. The van der Waals surface area contributed by atoms with Gasteiger partial charge < -0.3 is 16.0 Å². The monoisotopic (exact) mass is 284 g/mol. The Morgan fingerprint density at radius 1 is 1.43 bits per heavy atom. The van der Waals surface area contributed by atoms with Crippen LogP contribution < -0.4 is 16.0 Å². The molecule has 0 bridgehead atoms. The van der Waals surface area contributed by atoms with Crippen LogP contribution >= 0.6 is 0 Å². The summed E-state index contributed by atoms with van der Waals surface area (Å²) in [7, 11) is 1.92. The average Bonchev–Trinajstić information content (AvgIpc) is 3.22. The molecule has 1 saturated carbocycles.